The van der Waals surface area contributed by atoms with Crippen LogP contribution >= 0.6 is 8.53 Å². The molecule has 0 aliphatic carbocycles. The van der Waals surface area contributed by atoms with Crippen molar-refractivity contribution in [2.24, 2.45) is 0 Å². The number of amides is 2. The summed E-state index contributed by atoms with van der Waals surface area (Å²) < 4.78 is 14.7. The van der Waals surface area contributed by atoms with Crippen molar-refractivity contribution in [3.05, 3.63) is 250 Å². The molecule has 66 heavy (non-hydrogen) atoms. The average molecular weight is 900 g/mol. The zero-order valence-electron chi connectivity index (χ0n) is 37.8. The first-order chi connectivity index (χ1) is 32.2. The smallest absolute Gasteiger partial charge is 0.265 e. The maximum atomic E-state index is 14.7. The molecule has 1 atom stereocenters. The van der Waals surface area contributed by atoms with Crippen LogP contribution in [0.25, 0.3) is 0 Å². The summed E-state index contributed by atoms with van der Waals surface area (Å²) in [5.74, 6) is -0.939. The van der Waals surface area contributed by atoms with Gasteiger partial charge in [-0.25, -0.2) is 15.5 Å². The maximum Gasteiger partial charge on any atom is 0.265 e. The summed E-state index contributed by atoms with van der Waals surface area (Å²) in [6.07, 6.45) is 0. The Labute approximate surface area is 389 Å². The summed E-state index contributed by atoms with van der Waals surface area (Å²) >= 11 is 0. The van der Waals surface area contributed by atoms with Crippen molar-refractivity contribution in [2.45, 2.75) is 57.5 Å². The number of nitrogens with zero attached hydrogens (tertiary/aromatic N) is 1. The topological polar surface area (TPSA) is 124 Å². The fraction of sp³-hybridized carbons (Fsp3) is 0.200. The Morgan fingerprint density at radius 3 is 1.08 bits per heavy atom. The number of carbonyl (C=O) groups is 2. The summed E-state index contributed by atoms with van der Waals surface area (Å²) in [4.78, 5) is 29.5. The van der Waals surface area contributed by atoms with Gasteiger partial charge < -0.3 is 14.2 Å². The van der Waals surface area contributed by atoms with E-state index in [9.17, 15) is 14.7 Å². The fourth-order valence-corrected chi connectivity index (χ4v) is 10.0. The van der Waals surface area contributed by atoms with Crippen LogP contribution in [0.4, 0.5) is 0 Å². The molecule has 7 aromatic rings. The largest absolute Gasteiger partial charge is 0.394 e. The average Bonchev–Trinajstić information content (AvgIpc) is 3.36. The molecular formula is C55H58N5O5P. The standard InChI is InChI=1S/C55H58N5O5P/c1-41(2)60(42(3)4)66(64-36-35-61)65-40-43-37-44(52(62)56-58-54(46-23-11-5-12-24-46,47-25-13-6-14-26-47)48-27-15-7-16-28-48)39-45(38-43)53(63)57-59-55(49-29-17-8-18-30-49,50-31-19-9-20-32-50)51-33-21-10-22-34-51/h5-34,37-39,41-42,58-59,61H,35-36,40H2,1-4H3,(H,56,62)(H,57,63). The second kappa shape index (κ2) is 22.7. The lowest BCUT2D eigenvalue weighted by molar-refractivity contribution is 0.0918. The normalized spacial score (nSPS) is 12.3. The predicted octanol–water partition coefficient (Wildman–Crippen LogP) is 10.0. The summed E-state index contributed by atoms with van der Waals surface area (Å²) in [6.45, 7) is 8.19. The van der Waals surface area contributed by atoms with Crippen molar-refractivity contribution < 1.29 is 23.7 Å². The Morgan fingerprint density at radius 2 is 0.803 bits per heavy atom. The van der Waals surface area contributed by atoms with Crippen LogP contribution in [-0.4, -0.2) is 46.9 Å². The SMILES string of the molecule is CC(C)N(C(C)C)P(OCCO)OCc1cc(C(=O)NNC(c2ccccc2)(c2ccccc2)c2ccccc2)cc(C(=O)NNC(c2ccccc2)(c2ccccc2)c2ccccc2)c1. The molecule has 0 aliphatic heterocycles. The van der Waals surface area contributed by atoms with Crippen molar-refractivity contribution >= 4 is 20.3 Å². The van der Waals surface area contributed by atoms with Crippen molar-refractivity contribution in [3.63, 3.8) is 0 Å². The number of hydrogen-bond acceptors (Lipinski definition) is 8. The van der Waals surface area contributed by atoms with Gasteiger partial charge in [0.05, 0.1) is 19.8 Å². The number of carbonyl (C=O) groups excluding carboxylic acids is 2. The van der Waals surface area contributed by atoms with Gasteiger partial charge in [0.2, 0.25) is 0 Å². The lowest BCUT2D eigenvalue weighted by Crippen LogP contribution is -2.54. The highest BCUT2D eigenvalue weighted by Gasteiger charge is 2.38. The van der Waals surface area contributed by atoms with Crippen LogP contribution in [0.2, 0.25) is 0 Å². The number of nitrogens with one attached hydrogen (secondary N) is 4. The fourth-order valence-electron chi connectivity index (χ4n) is 8.44. The Balaban J connectivity index is 1.28. The molecule has 0 aliphatic rings. The van der Waals surface area contributed by atoms with E-state index < -0.39 is 31.4 Å². The molecule has 1 unspecified atom stereocenters. The molecular weight excluding hydrogens is 842 g/mol. The Kier molecular flexibility index (Phi) is 16.4. The second-order valence-electron chi connectivity index (χ2n) is 16.4. The molecule has 0 aromatic heterocycles. The molecule has 10 nitrogen and oxygen atoms in total. The Bertz CT molecular complexity index is 2230. The van der Waals surface area contributed by atoms with Gasteiger partial charge in [0.25, 0.3) is 20.3 Å². The van der Waals surface area contributed by atoms with E-state index in [2.05, 4.69) is 54.1 Å². The maximum absolute atomic E-state index is 14.7. The zero-order chi connectivity index (χ0) is 46.4. The second-order valence-corrected chi connectivity index (χ2v) is 17.9. The lowest BCUT2D eigenvalue weighted by atomic mass is 9.77. The quantitative estimate of drug-likeness (QED) is 0.0275. The van der Waals surface area contributed by atoms with Gasteiger partial charge >= 0.3 is 0 Å². The number of rotatable bonds is 21. The molecule has 0 heterocycles. The van der Waals surface area contributed by atoms with E-state index >= 15 is 0 Å². The number of hydrogen-bond donors (Lipinski definition) is 5. The highest BCUT2D eigenvalue weighted by Crippen LogP contribution is 2.46. The molecule has 7 rings (SSSR count). The van der Waals surface area contributed by atoms with Gasteiger partial charge in [0.15, 0.2) is 0 Å². The van der Waals surface area contributed by atoms with Gasteiger partial charge in [-0.05, 0) is 84.8 Å². The minimum atomic E-state index is -1.63. The lowest BCUT2D eigenvalue weighted by Gasteiger charge is -2.37. The van der Waals surface area contributed by atoms with Crippen LogP contribution in [0.15, 0.2) is 200 Å². The molecule has 0 saturated carbocycles. The minimum Gasteiger partial charge on any atom is -0.394 e. The summed E-state index contributed by atoms with van der Waals surface area (Å²) in [5.41, 5.74) is 17.5. The van der Waals surface area contributed by atoms with Gasteiger partial charge in [-0.15, -0.1) is 0 Å². The Hall–Kier alpha value is -6.33. The van der Waals surface area contributed by atoms with E-state index in [1.165, 1.54) is 0 Å². The monoisotopic (exact) mass is 899 g/mol. The van der Waals surface area contributed by atoms with Gasteiger partial charge in [-0.3, -0.25) is 20.4 Å². The highest BCUT2D eigenvalue weighted by atomic mass is 31.2. The highest BCUT2D eigenvalue weighted by molar-refractivity contribution is 7.44. The molecule has 7 aromatic carbocycles. The van der Waals surface area contributed by atoms with Crippen LogP contribution in [0, 0.1) is 0 Å². The first-order valence-electron chi connectivity index (χ1n) is 22.2. The van der Waals surface area contributed by atoms with Gasteiger partial charge in [-0.2, -0.15) is 0 Å². The summed E-state index contributed by atoms with van der Waals surface area (Å²) in [7, 11) is -1.63. The van der Waals surface area contributed by atoms with Crippen LogP contribution in [-0.2, 0) is 26.7 Å². The van der Waals surface area contributed by atoms with Crippen LogP contribution in [0.1, 0.15) is 87.4 Å². The molecule has 0 fully saturated rings. The van der Waals surface area contributed by atoms with E-state index in [4.69, 9.17) is 9.05 Å². The molecule has 2 amide bonds. The van der Waals surface area contributed by atoms with Crippen LogP contribution in [0.3, 0.4) is 0 Å². The molecule has 11 heteroatoms. The third-order valence-corrected chi connectivity index (χ3v) is 13.4. The van der Waals surface area contributed by atoms with Gasteiger partial charge in [0.1, 0.15) is 11.1 Å². The number of benzene rings is 7. The van der Waals surface area contributed by atoms with Gasteiger partial charge in [0, 0.05) is 23.2 Å². The number of hydrazine groups is 2. The third-order valence-electron chi connectivity index (χ3n) is 11.4. The van der Waals surface area contributed by atoms with E-state index in [1.807, 2.05) is 182 Å². The molecule has 0 spiro atoms. The minimum absolute atomic E-state index is 0.0132. The number of aliphatic hydroxyl groups excluding tert-OH is 1. The van der Waals surface area contributed by atoms with Crippen molar-refractivity contribution in [1.82, 2.24) is 26.4 Å². The zero-order valence-corrected chi connectivity index (χ0v) is 38.7. The van der Waals surface area contributed by atoms with Crippen LogP contribution < -0.4 is 21.7 Å². The van der Waals surface area contributed by atoms with E-state index in [0.717, 1.165) is 33.4 Å². The summed E-state index contributed by atoms with van der Waals surface area (Å²) in [6, 6.07) is 65.0. The summed E-state index contributed by atoms with van der Waals surface area (Å²) in [5, 5.41) is 9.72. The predicted molar refractivity (Wildman–Crippen MR) is 263 cm³/mol. The first-order valence-corrected chi connectivity index (χ1v) is 23.4. The third kappa shape index (κ3) is 10.8. The van der Waals surface area contributed by atoms with Crippen molar-refractivity contribution in [1.29, 1.82) is 0 Å². The van der Waals surface area contributed by atoms with Gasteiger partial charge in [-0.1, -0.05) is 182 Å². The molecule has 0 bridgehead atoms. The molecule has 5 N–H and O–H groups in total. The molecule has 0 radical (unpaired) electrons. The van der Waals surface area contributed by atoms with Crippen molar-refractivity contribution in [3.8, 4) is 0 Å². The van der Waals surface area contributed by atoms with Crippen LogP contribution in [0.5, 0.6) is 0 Å². The molecule has 0 saturated heterocycles. The van der Waals surface area contributed by atoms with Crippen molar-refractivity contribution in [2.75, 3.05) is 13.2 Å². The molecule has 338 valence electrons. The number of aliphatic hydroxyl groups is 1. The first kappa shape index (κ1) is 47.6. The van der Waals surface area contributed by atoms with E-state index in [-0.39, 0.29) is 43.0 Å². The Morgan fingerprint density at radius 1 is 0.500 bits per heavy atom. The van der Waals surface area contributed by atoms with E-state index in [0.29, 0.717) is 5.56 Å². The van der Waals surface area contributed by atoms with E-state index in [1.54, 1.807) is 18.2 Å².